The summed E-state index contributed by atoms with van der Waals surface area (Å²) in [6.45, 7) is 33.0. The van der Waals surface area contributed by atoms with Crippen molar-refractivity contribution in [3.63, 3.8) is 0 Å². The predicted molar refractivity (Wildman–Crippen MR) is 349 cm³/mol. The number of allylic oxidation sites excluding steroid dienone is 7. The normalized spacial score (nSPS) is 17.9. The Hall–Kier alpha value is -3.66. The summed E-state index contributed by atoms with van der Waals surface area (Å²) >= 11 is 0. The van der Waals surface area contributed by atoms with Crippen molar-refractivity contribution >= 4 is 72.4 Å². The average Bonchev–Trinajstić information content (AvgIpc) is 4.04. The maximum absolute atomic E-state index is 7.18. The standard InChI is InChI=1S/C68H105N2O5Si4/c1-16-17-18-19-20-21-22-23-24-31-51-73-66-56(43-47-62-67(2,3)64-58-39-27-25-35-54(58)41-45-60(64)69(62)49-29-32-52-76(8,9)74-78(12,13)71-6)37-34-38-57(66)44-48-63-68(4,5)65-59-40-28-26-36-55(59)42-46-61(65)70(63)50-30-33-53-77(10,11)75-79(14,15)72-7/h25-28,35-36,39-48H,16-24,29-34,37-38,49-53H2,1-15H3/q+1. The van der Waals surface area contributed by atoms with Crippen LogP contribution < -0.4 is 4.90 Å². The summed E-state index contributed by atoms with van der Waals surface area (Å²) in [5, 5.41) is 5.32. The minimum Gasteiger partial charge on any atom is -0.493 e. The number of nitrogens with zero attached hydrogens (tertiary/aromatic N) is 2. The molecule has 2 aliphatic heterocycles. The zero-order valence-corrected chi connectivity index (χ0v) is 56.2. The highest BCUT2D eigenvalue weighted by atomic mass is 28.4. The van der Waals surface area contributed by atoms with Gasteiger partial charge in [0.1, 0.15) is 12.3 Å². The molecule has 0 N–H and O–H groups in total. The molecule has 4 aromatic carbocycles. The number of hydrogen-bond acceptors (Lipinski definition) is 6. The molecule has 3 aliphatic rings. The molecule has 7 nitrogen and oxygen atoms in total. The van der Waals surface area contributed by atoms with Gasteiger partial charge in [-0.3, -0.25) is 0 Å². The highest BCUT2D eigenvalue weighted by Crippen LogP contribution is 2.51. The van der Waals surface area contributed by atoms with Crippen molar-refractivity contribution < 1.29 is 26.4 Å². The molecule has 7 rings (SSSR count). The van der Waals surface area contributed by atoms with Gasteiger partial charge in [-0.2, -0.15) is 4.58 Å². The first kappa shape index (κ1) is 62.9. The van der Waals surface area contributed by atoms with Crippen LogP contribution in [0.1, 0.15) is 155 Å². The molecule has 0 spiro atoms. The third kappa shape index (κ3) is 16.1. The second-order valence-corrected chi connectivity index (χ2v) is 42.5. The number of unbranched alkanes of at least 4 members (excludes halogenated alkanes) is 11. The van der Waals surface area contributed by atoms with Crippen LogP contribution in [0.3, 0.4) is 0 Å². The number of ether oxygens (including phenoxy) is 1. The molecule has 0 saturated carbocycles. The van der Waals surface area contributed by atoms with E-state index in [1.165, 1.54) is 124 Å². The van der Waals surface area contributed by atoms with Crippen LogP contribution in [0, 0.1) is 0 Å². The minimum atomic E-state index is -2.12. The largest absolute Gasteiger partial charge is 0.493 e. The summed E-state index contributed by atoms with van der Waals surface area (Å²) in [7, 11) is -4.39. The van der Waals surface area contributed by atoms with E-state index >= 15 is 0 Å². The van der Waals surface area contributed by atoms with Crippen LogP contribution in [0.15, 0.2) is 120 Å². The Morgan fingerprint density at radius 2 is 1.13 bits per heavy atom. The van der Waals surface area contributed by atoms with Crippen molar-refractivity contribution in [1.29, 1.82) is 0 Å². The van der Waals surface area contributed by atoms with Gasteiger partial charge < -0.3 is 26.7 Å². The van der Waals surface area contributed by atoms with E-state index in [0.717, 1.165) is 88.9 Å². The summed E-state index contributed by atoms with van der Waals surface area (Å²) in [6.07, 6.45) is 30.6. The molecule has 11 heteroatoms. The average molecular weight is 1140 g/mol. The number of benzene rings is 4. The van der Waals surface area contributed by atoms with E-state index in [1.807, 2.05) is 14.2 Å². The molecule has 0 saturated heterocycles. The van der Waals surface area contributed by atoms with Gasteiger partial charge in [-0.25, -0.2) is 0 Å². The lowest BCUT2D eigenvalue weighted by Gasteiger charge is -2.32. The molecular weight excluding hydrogens is 1040 g/mol. The van der Waals surface area contributed by atoms with Gasteiger partial charge in [0.25, 0.3) is 0 Å². The Labute approximate surface area is 484 Å². The fourth-order valence-corrected chi connectivity index (χ4v) is 27.6. The quantitative estimate of drug-likeness (QED) is 0.0284. The Morgan fingerprint density at radius 1 is 0.570 bits per heavy atom. The van der Waals surface area contributed by atoms with Crippen molar-refractivity contribution in [3.8, 4) is 0 Å². The van der Waals surface area contributed by atoms with Gasteiger partial charge in [0.15, 0.2) is 22.3 Å². The molecule has 0 atom stereocenters. The Kier molecular flexibility index (Phi) is 22.0. The molecule has 0 aromatic heterocycles. The molecule has 4 aromatic rings. The Bertz CT molecular complexity index is 2850. The van der Waals surface area contributed by atoms with Gasteiger partial charge >= 0.3 is 17.1 Å². The summed E-state index contributed by atoms with van der Waals surface area (Å²) in [6, 6.07) is 29.7. The molecule has 0 bridgehead atoms. The van der Waals surface area contributed by atoms with Crippen molar-refractivity contribution in [2.45, 2.75) is 219 Å². The Morgan fingerprint density at radius 3 is 1.73 bits per heavy atom. The highest BCUT2D eigenvalue weighted by molar-refractivity contribution is 6.82. The van der Waals surface area contributed by atoms with E-state index < -0.39 is 33.8 Å². The molecule has 0 fully saturated rings. The van der Waals surface area contributed by atoms with Crippen molar-refractivity contribution in [3.05, 3.63) is 131 Å². The van der Waals surface area contributed by atoms with E-state index in [4.69, 9.17) is 21.8 Å². The first-order valence-corrected chi connectivity index (χ1v) is 42.8. The van der Waals surface area contributed by atoms with E-state index in [9.17, 15) is 0 Å². The number of hydrogen-bond donors (Lipinski definition) is 0. The number of fused-ring (bicyclic) bond motifs is 6. The van der Waals surface area contributed by atoms with Gasteiger partial charge in [0.2, 0.25) is 5.69 Å². The van der Waals surface area contributed by atoms with E-state index in [2.05, 4.69) is 194 Å². The fraction of sp³-hybridized carbons (Fsp3) is 0.574. The minimum absolute atomic E-state index is 0.197. The lowest BCUT2D eigenvalue weighted by Crippen LogP contribution is -2.45. The molecule has 0 amide bonds. The first-order chi connectivity index (χ1) is 37.5. The molecule has 2 heterocycles. The molecule has 1 aliphatic carbocycles. The second-order valence-electron chi connectivity index (χ2n) is 26.5. The number of anilines is 1. The zero-order chi connectivity index (χ0) is 57.1. The summed E-state index contributed by atoms with van der Waals surface area (Å²) in [5.74, 6) is 1.11. The van der Waals surface area contributed by atoms with Gasteiger partial charge in [0.05, 0.1) is 12.0 Å². The van der Waals surface area contributed by atoms with Crippen LogP contribution in [0.4, 0.5) is 11.4 Å². The van der Waals surface area contributed by atoms with Crippen LogP contribution in [0.25, 0.3) is 21.5 Å². The smallest absolute Gasteiger partial charge is 0.321 e. The van der Waals surface area contributed by atoms with Crippen molar-refractivity contribution in [2.75, 3.05) is 38.8 Å². The summed E-state index contributed by atoms with van der Waals surface area (Å²) < 4.78 is 35.0. The zero-order valence-electron chi connectivity index (χ0n) is 52.2. The summed E-state index contributed by atoms with van der Waals surface area (Å²) in [4.78, 5) is 2.66. The first-order valence-electron chi connectivity index (χ1n) is 31.0. The summed E-state index contributed by atoms with van der Waals surface area (Å²) in [5.41, 5.74) is 10.6. The second kappa shape index (κ2) is 27.6. The maximum Gasteiger partial charge on any atom is 0.321 e. The molecule has 0 unspecified atom stereocenters. The van der Waals surface area contributed by atoms with Crippen LogP contribution in [-0.4, -0.2) is 78.0 Å². The molecule has 79 heavy (non-hydrogen) atoms. The fourth-order valence-electron chi connectivity index (χ4n) is 13.2. The molecule has 0 radical (unpaired) electrons. The predicted octanol–water partition coefficient (Wildman–Crippen LogP) is 19.6. The highest BCUT2D eigenvalue weighted by Gasteiger charge is 2.46. The molecular formula is C68H105N2O5Si4+. The van der Waals surface area contributed by atoms with Gasteiger partial charge in [0, 0.05) is 61.7 Å². The SMILES string of the molecule is CCCCCCCCCCCCOC1=C(C=CC2=[N+](CCCC[Si](C)(C)O[Si](C)(C)OC)c3ccc4ccccc4c3C2(C)C)CCCC1=CC=C1N(CCCC[Si](C)(C)O[Si](C)(C)OC)c2ccc3ccccc3c2C1(C)C. The van der Waals surface area contributed by atoms with Gasteiger partial charge in [-0.15, -0.1) is 0 Å². The van der Waals surface area contributed by atoms with Crippen molar-refractivity contribution in [1.82, 2.24) is 0 Å². The molecule has 432 valence electrons. The lowest BCUT2D eigenvalue weighted by molar-refractivity contribution is -0.438. The topological polar surface area (TPSA) is 52.4 Å². The third-order valence-corrected chi connectivity index (χ3v) is 30.9. The number of rotatable bonds is 31. The monoisotopic (exact) mass is 1140 g/mol. The Balaban J connectivity index is 1.23. The van der Waals surface area contributed by atoms with Crippen molar-refractivity contribution in [2.24, 2.45) is 0 Å². The van der Waals surface area contributed by atoms with Gasteiger partial charge in [-0.05, 0) is 179 Å². The van der Waals surface area contributed by atoms with Crippen LogP contribution in [-0.2, 0) is 32.6 Å². The van der Waals surface area contributed by atoms with Crippen LogP contribution >= 0.6 is 0 Å². The van der Waals surface area contributed by atoms with E-state index in [1.54, 1.807) is 0 Å². The van der Waals surface area contributed by atoms with Crippen LogP contribution in [0.2, 0.25) is 64.5 Å². The van der Waals surface area contributed by atoms with E-state index in [-0.39, 0.29) is 10.8 Å². The van der Waals surface area contributed by atoms with Gasteiger partial charge in [-0.1, -0.05) is 146 Å². The lowest BCUT2D eigenvalue weighted by atomic mass is 9.78. The van der Waals surface area contributed by atoms with Crippen LogP contribution in [0.5, 0.6) is 0 Å². The third-order valence-electron chi connectivity index (χ3n) is 17.5. The van der Waals surface area contributed by atoms with E-state index in [0.29, 0.717) is 0 Å². The maximum atomic E-state index is 7.18.